The van der Waals surface area contributed by atoms with E-state index in [2.05, 4.69) is 9.97 Å². The Balaban J connectivity index is 3.22. The van der Waals surface area contributed by atoms with Crippen LogP contribution in [0.5, 0.6) is 0 Å². The molecule has 4 nitrogen and oxygen atoms in total. The van der Waals surface area contributed by atoms with Crippen molar-refractivity contribution >= 4 is 17.5 Å². The smallest absolute Gasteiger partial charge is 0.222 e. The molecule has 0 saturated heterocycles. The summed E-state index contributed by atoms with van der Waals surface area (Å²) in [6.07, 6.45) is 0. The summed E-state index contributed by atoms with van der Waals surface area (Å²) in [6.45, 7) is 0. The molecule has 10 heavy (non-hydrogen) atoms. The van der Waals surface area contributed by atoms with Gasteiger partial charge in [0.1, 0.15) is 16.9 Å². The SMILES string of the molecule is N#Cc1cc(Cl)nc(N)n1. The molecule has 50 valence electrons. The summed E-state index contributed by atoms with van der Waals surface area (Å²) in [7, 11) is 0. The topological polar surface area (TPSA) is 75.6 Å². The molecule has 1 aromatic rings. The van der Waals surface area contributed by atoms with Crippen molar-refractivity contribution < 1.29 is 0 Å². The number of halogens is 1. The average Bonchev–Trinajstić information content (AvgIpc) is 1.85. The Morgan fingerprint density at radius 1 is 1.60 bits per heavy atom. The molecule has 0 atom stereocenters. The third kappa shape index (κ3) is 1.33. The van der Waals surface area contributed by atoms with Crippen molar-refractivity contribution in [2.75, 3.05) is 5.73 Å². The molecular weight excluding hydrogens is 152 g/mol. The highest BCUT2D eigenvalue weighted by molar-refractivity contribution is 6.29. The minimum atomic E-state index is 0.0176. The fraction of sp³-hybridized carbons (Fsp3) is 0. The molecule has 1 aromatic heterocycles. The third-order valence-corrected chi connectivity index (χ3v) is 1.02. The van der Waals surface area contributed by atoms with Gasteiger partial charge in [0, 0.05) is 6.07 Å². The number of hydrogen-bond acceptors (Lipinski definition) is 4. The summed E-state index contributed by atoms with van der Waals surface area (Å²) in [5.74, 6) is 0.0176. The second-order valence-corrected chi connectivity index (χ2v) is 1.93. The standard InChI is InChI=1S/C5H3ClN4/c6-4-1-3(2-7)9-5(8)10-4/h1H,(H2,8,9,10). The van der Waals surface area contributed by atoms with E-state index in [1.807, 2.05) is 0 Å². The molecule has 0 aliphatic rings. The molecule has 2 N–H and O–H groups in total. The van der Waals surface area contributed by atoms with Crippen LogP contribution in [0.25, 0.3) is 0 Å². The zero-order chi connectivity index (χ0) is 7.56. The molecule has 5 heteroatoms. The molecule has 1 heterocycles. The van der Waals surface area contributed by atoms with Gasteiger partial charge < -0.3 is 5.73 Å². The van der Waals surface area contributed by atoms with Gasteiger partial charge in [-0.05, 0) is 0 Å². The van der Waals surface area contributed by atoms with Gasteiger partial charge in [-0.2, -0.15) is 5.26 Å². The highest BCUT2D eigenvalue weighted by Gasteiger charge is 1.96. The van der Waals surface area contributed by atoms with Crippen LogP contribution in [-0.4, -0.2) is 9.97 Å². The summed E-state index contributed by atoms with van der Waals surface area (Å²) >= 11 is 5.45. The van der Waals surface area contributed by atoms with Crippen molar-refractivity contribution in [2.45, 2.75) is 0 Å². The Morgan fingerprint density at radius 2 is 2.30 bits per heavy atom. The van der Waals surface area contributed by atoms with Gasteiger partial charge in [0.05, 0.1) is 0 Å². The zero-order valence-corrected chi connectivity index (χ0v) is 5.63. The monoisotopic (exact) mass is 154 g/mol. The molecule has 0 radical (unpaired) electrons. The molecule has 0 spiro atoms. The maximum absolute atomic E-state index is 8.33. The lowest BCUT2D eigenvalue weighted by Gasteiger charge is -1.91. The van der Waals surface area contributed by atoms with Gasteiger partial charge in [0.15, 0.2) is 0 Å². The van der Waals surface area contributed by atoms with E-state index < -0.39 is 0 Å². The fourth-order valence-corrected chi connectivity index (χ4v) is 0.682. The lowest BCUT2D eigenvalue weighted by atomic mass is 10.4. The molecule has 0 unspecified atom stereocenters. The maximum atomic E-state index is 8.33. The number of anilines is 1. The number of aromatic nitrogens is 2. The first-order valence-corrected chi connectivity index (χ1v) is 2.80. The van der Waals surface area contributed by atoms with Crippen LogP contribution in [0.15, 0.2) is 6.07 Å². The lowest BCUT2D eigenvalue weighted by molar-refractivity contribution is 1.16. The van der Waals surface area contributed by atoms with E-state index in [1.54, 1.807) is 6.07 Å². The average molecular weight is 155 g/mol. The summed E-state index contributed by atoms with van der Waals surface area (Å²) in [4.78, 5) is 7.14. The predicted molar refractivity (Wildman–Crippen MR) is 36.2 cm³/mol. The second kappa shape index (κ2) is 2.50. The quantitative estimate of drug-likeness (QED) is 0.555. The van der Waals surface area contributed by atoms with Gasteiger partial charge in [0.2, 0.25) is 5.95 Å². The minimum Gasteiger partial charge on any atom is -0.368 e. The molecule has 0 aliphatic heterocycles. The minimum absolute atomic E-state index is 0.0176. The first-order valence-electron chi connectivity index (χ1n) is 2.42. The highest BCUT2D eigenvalue weighted by atomic mass is 35.5. The molecule has 0 aromatic carbocycles. The van der Waals surface area contributed by atoms with Gasteiger partial charge in [-0.15, -0.1) is 0 Å². The van der Waals surface area contributed by atoms with Crippen molar-refractivity contribution in [3.63, 3.8) is 0 Å². The van der Waals surface area contributed by atoms with Gasteiger partial charge in [-0.1, -0.05) is 11.6 Å². The normalized spacial score (nSPS) is 8.80. The Labute approximate surface area is 62.3 Å². The van der Waals surface area contributed by atoms with E-state index in [9.17, 15) is 0 Å². The fourth-order valence-electron chi connectivity index (χ4n) is 0.492. The Kier molecular flexibility index (Phi) is 1.69. The van der Waals surface area contributed by atoms with Gasteiger partial charge in [0.25, 0.3) is 0 Å². The number of nitrogen functional groups attached to an aromatic ring is 1. The van der Waals surface area contributed by atoms with E-state index in [0.29, 0.717) is 0 Å². The largest absolute Gasteiger partial charge is 0.368 e. The molecule has 0 aliphatic carbocycles. The van der Waals surface area contributed by atoms with E-state index in [0.717, 1.165) is 0 Å². The van der Waals surface area contributed by atoms with Crippen molar-refractivity contribution in [3.05, 3.63) is 16.9 Å². The third-order valence-electron chi connectivity index (χ3n) is 0.827. The Hall–Kier alpha value is -1.34. The molecule has 0 fully saturated rings. The van der Waals surface area contributed by atoms with Crippen LogP contribution in [0.3, 0.4) is 0 Å². The number of nitrogens with two attached hydrogens (primary N) is 1. The van der Waals surface area contributed by atoms with E-state index in [1.165, 1.54) is 6.07 Å². The summed E-state index contributed by atoms with van der Waals surface area (Å²) in [6, 6.07) is 3.14. The molecule has 0 amide bonds. The van der Waals surface area contributed by atoms with Crippen LogP contribution in [0.4, 0.5) is 5.95 Å². The summed E-state index contributed by atoms with van der Waals surface area (Å²) in [5, 5.41) is 8.52. The first-order chi connectivity index (χ1) is 4.72. The summed E-state index contributed by atoms with van der Waals surface area (Å²) in [5.41, 5.74) is 5.36. The Bertz CT molecular complexity index is 270. The van der Waals surface area contributed by atoms with E-state index in [4.69, 9.17) is 22.6 Å². The Morgan fingerprint density at radius 3 is 2.80 bits per heavy atom. The molecule has 0 saturated carbocycles. The van der Waals surface area contributed by atoms with Crippen molar-refractivity contribution in [2.24, 2.45) is 0 Å². The second-order valence-electron chi connectivity index (χ2n) is 1.55. The lowest BCUT2D eigenvalue weighted by Crippen LogP contribution is -1.96. The molecule has 0 bridgehead atoms. The van der Waals surface area contributed by atoms with Crippen molar-refractivity contribution in [3.8, 4) is 6.07 Å². The summed E-state index contributed by atoms with van der Waals surface area (Å²) < 4.78 is 0. The number of rotatable bonds is 0. The van der Waals surface area contributed by atoms with Crippen LogP contribution < -0.4 is 5.73 Å². The van der Waals surface area contributed by atoms with Crippen LogP contribution in [0.1, 0.15) is 5.69 Å². The molecular formula is C5H3ClN4. The molecule has 1 rings (SSSR count). The first kappa shape index (κ1) is 6.78. The van der Waals surface area contributed by atoms with Crippen molar-refractivity contribution in [1.82, 2.24) is 9.97 Å². The van der Waals surface area contributed by atoms with Gasteiger partial charge in [-0.25, -0.2) is 9.97 Å². The maximum Gasteiger partial charge on any atom is 0.222 e. The van der Waals surface area contributed by atoms with E-state index >= 15 is 0 Å². The number of nitrogens with zero attached hydrogens (tertiary/aromatic N) is 3. The number of nitriles is 1. The van der Waals surface area contributed by atoms with Crippen LogP contribution >= 0.6 is 11.6 Å². The van der Waals surface area contributed by atoms with E-state index in [-0.39, 0.29) is 16.8 Å². The van der Waals surface area contributed by atoms with Crippen molar-refractivity contribution in [1.29, 1.82) is 5.26 Å². The zero-order valence-electron chi connectivity index (χ0n) is 4.87. The van der Waals surface area contributed by atoms with Crippen LogP contribution in [0.2, 0.25) is 5.15 Å². The van der Waals surface area contributed by atoms with Gasteiger partial charge in [-0.3, -0.25) is 0 Å². The highest BCUT2D eigenvalue weighted by Crippen LogP contribution is 2.06. The predicted octanol–water partition coefficient (Wildman–Crippen LogP) is 0.584. The van der Waals surface area contributed by atoms with Gasteiger partial charge >= 0.3 is 0 Å². The number of hydrogen-bond donors (Lipinski definition) is 1. The van der Waals surface area contributed by atoms with Crippen LogP contribution in [0, 0.1) is 11.3 Å². The van der Waals surface area contributed by atoms with Crippen LogP contribution in [-0.2, 0) is 0 Å².